The van der Waals surface area contributed by atoms with Gasteiger partial charge in [-0.05, 0) is 12.5 Å². The Kier molecular flexibility index (Phi) is 3.88. The van der Waals surface area contributed by atoms with Gasteiger partial charge in [0.2, 0.25) is 0 Å². The van der Waals surface area contributed by atoms with Crippen LogP contribution in [0.1, 0.15) is 5.56 Å². The van der Waals surface area contributed by atoms with E-state index in [1.807, 2.05) is 6.92 Å². The minimum absolute atomic E-state index is 0.0648. The van der Waals surface area contributed by atoms with E-state index in [-0.39, 0.29) is 5.70 Å². The maximum Gasteiger partial charge on any atom is 0.411 e. The van der Waals surface area contributed by atoms with Crippen LogP contribution in [-0.4, -0.2) is 25.3 Å². The molecule has 0 aliphatic rings. The van der Waals surface area contributed by atoms with Gasteiger partial charge in [-0.25, -0.2) is 4.79 Å². The Morgan fingerprint density at radius 3 is 2.25 bits per heavy atom. The maximum absolute atomic E-state index is 11.5. The van der Waals surface area contributed by atoms with Crippen molar-refractivity contribution in [1.29, 1.82) is 0 Å². The summed E-state index contributed by atoms with van der Waals surface area (Å²) in [7, 11) is 2.51. The SMILES string of the molecule is COC(=O)/C(=C(/O)OC)[n+]1ccc(C)cc1. The third kappa shape index (κ3) is 2.50. The Hall–Kier alpha value is -2.04. The fourth-order valence-corrected chi connectivity index (χ4v) is 1.15. The van der Waals surface area contributed by atoms with E-state index in [0.29, 0.717) is 0 Å². The molecule has 5 heteroatoms. The molecule has 1 heterocycles. The number of aliphatic hydroxyl groups excluding tert-OH is 1. The number of carbonyl (C=O) groups excluding carboxylic acids is 1. The average Bonchev–Trinajstić information content (AvgIpc) is 2.31. The summed E-state index contributed by atoms with van der Waals surface area (Å²) in [6, 6.07) is 3.60. The summed E-state index contributed by atoms with van der Waals surface area (Å²) in [6.45, 7) is 1.92. The first-order valence-corrected chi connectivity index (χ1v) is 4.64. The fraction of sp³-hybridized carbons (Fsp3) is 0.273. The van der Waals surface area contributed by atoms with Crippen molar-refractivity contribution >= 4 is 11.7 Å². The van der Waals surface area contributed by atoms with Crippen LogP contribution in [0.3, 0.4) is 0 Å². The number of ether oxygens (including phenoxy) is 2. The normalized spacial score (nSPS) is 11.7. The van der Waals surface area contributed by atoms with Gasteiger partial charge in [0.05, 0.1) is 14.2 Å². The van der Waals surface area contributed by atoms with Crippen LogP contribution in [-0.2, 0) is 14.3 Å². The van der Waals surface area contributed by atoms with E-state index in [9.17, 15) is 9.90 Å². The molecule has 5 nitrogen and oxygen atoms in total. The van der Waals surface area contributed by atoms with Crippen molar-refractivity contribution in [3.05, 3.63) is 36.0 Å². The van der Waals surface area contributed by atoms with Gasteiger partial charge in [0, 0.05) is 12.1 Å². The zero-order valence-electron chi connectivity index (χ0n) is 9.43. The maximum atomic E-state index is 11.5. The molecule has 0 bridgehead atoms. The van der Waals surface area contributed by atoms with Crippen molar-refractivity contribution in [2.24, 2.45) is 0 Å². The fourth-order valence-electron chi connectivity index (χ4n) is 1.15. The van der Waals surface area contributed by atoms with Crippen molar-refractivity contribution in [2.75, 3.05) is 14.2 Å². The number of carbonyl (C=O) groups is 1. The summed E-state index contributed by atoms with van der Waals surface area (Å²) in [5.74, 6) is -1.16. The number of hydrogen-bond donors (Lipinski definition) is 1. The molecule has 0 radical (unpaired) electrons. The number of nitrogens with zero attached hydrogens (tertiary/aromatic N) is 1. The van der Waals surface area contributed by atoms with Gasteiger partial charge in [-0.3, -0.25) is 0 Å². The van der Waals surface area contributed by atoms with Crippen LogP contribution in [0, 0.1) is 6.92 Å². The summed E-state index contributed by atoms with van der Waals surface area (Å²) in [4.78, 5) is 11.5. The van der Waals surface area contributed by atoms with Crippen LogP contribution in [0.15, 0.2) is 30.5 Å². The number of esters is 1. The largest absolute Gasteiger partial charge is 0.476 e. The smallest absolute Gasteiger partial charge is 0.411 e. The van der Waals surface area contributed by atoms with E-state index in [4.69, 9.17) is 0 Å². The molecule has 0 fully saturated rings. The number of aliphatic hydroxyl groups is 1. The molecule has 0 spiro atoms. The molecule has 1 aromatic rings. The quantitative estimate of drug-likeness (QED) is 0.357. The third-order valence-corrected chi connectivity index (χ3v) is 2.03. The predicted molar refractivity (Wildman–Crippen MR) is 56.2 cm³/mol. The van der Waals surface area contributed by atoms with Crippen molar-refractivity contribution in [2.45, 2.75) is 6.92 Å². The molecule has 0 atom stereocenters. The predicted octanol–water partition coefficient (Wildman–Crippen LogP) is 0.786. The molecule has 0 saturated heterocycles. The van der Waals surface area contributed by atoms with Gasteiger partial charge in [0.15, 0.2) is 12.4 Å². The minimum atomic E-state index is -0.673. The van der Waals surface area contributed by atoms with Gasteiger partial charge in [-0.1, -0.05) is 0 Å². The zero-order chi connectivity index (χ0) is 12.1. The number of rotatable bonds is 3. The number of pyridine rings is 1. The number of aromatic nitrogens is 1. The molecule has 0 unspecified atom stereocenters. The van der Waals surface area contributed by atoms with Crippen LogP contribution in [0.2, 0.25) is 0 Å². The van der Waals surface area contributed by atoms with Gasteiger partial charge in [-0.15, -0.1) is 0 Å². The van der Waals surface area contributed by atoms with E-state index in [1.54, 1.807) is 24.5 Å². The molecule has 0 aliphatic heterocycles. The summed E-state index contributed by atoms with van der Waals surface area (Å²) in [5.41, 5.74) is 0.974. The standard InChI is InChI=1S/C11H13NO4/c1-8-4-6-12(7-5-8)9(10(13)15-2)11(14)16-3/h4-7H,1-3H3/p+1. The van der Waals surface area contributed by atoms with E-state index < -0.39 is 11.9 Å². The molecular formula is C11H14NO4+. The first-order valence-electron chi connectivity index (χ1n) is 4.64. The monoisotopic (exact) mass is 224 g/mol. The molecule has 0 amide bonds. The van der Waals surface area contributed by atoms with Crippen LogP contribution < -0.4 is 4.57 Å². The Bertz CT molecular complexity index is 408. The molecule has 1 aromatic heterocycles. The first kappa shape index (κ1) is 12.0. The van der Waals surface area contributed by atoms with Gasteiger partial charge >= 0.3 is 17.6 Å². The first-order chi connectivity index (χ1) is 7.60. The molecule has 0 saturated carbocycles. The Morgan fingerprint density at radius 2 is 1.81 bits per heavy atom. The van der Waals surface area contributed by atoms with Gasteiger partial charge in [-0.2, -0.15) is 4.57 Å². The van der Waals surface area contributed by atoms with Crippen molar-refractivity contribution in [3.63, 3.8) is 0 Å². The Labute approximate surface area is 93.5 Å². The number of aryl methyl sites for hydroxylation is 1. The van der Waals surface area contributed by atoms with Crippen molar-refractivity contribution in [3.8, 4) is 0 Å². The highest BCUT2D eigenvalue weighted by atomic mass is 16.6. The molecule has 0 aliphatic carbocycles. The zero-order valence-corrected chi connectivity index (χ0v) is 9.43. The van der Waals surface area contributed by atoms with E-state index in [2.05, 4.69) is 9.47 Å². The van der Waals surface area contributed by atoms with E-state index in [0.717, 1.165) is 5.56 Å². The van der Waals surface area contributed by atoms with Crippen molar-refractivity contribution < 1.29 is 23.9 Å². The molecule has 0 aromatic carbocycles. The lowest BCUT2D eigenvalue weighted by atomic mass is 10.3. The molecule has 1 rings (SSSR count). The second-order valence-electron chi connectivity index (χ2n) is 3.13. The summed E-state index contributed by atoms with van der Waals surface area (Å²) < 4.78 is 10.6. The molecular weight excluding hydrogens is 210 g/mol. The lowest BCUT2D eigenvalue weighted by Gasteiger charge is -2.02. The lowest BCUT2D eigenvalue weighted by Crippen LogP contribution is -2.37. The minimum Gasteiger partial charge on any atom is -0.476 e. The molecule has 86 valence electrons. The summed E-state index contributed by atoms with van der Waals surface area (Å²) in [6.07, 6.45) is 3.27. The van der Waals surface area contributed by atoms with E-state index >= 15 is 0 Å². The van der Waals surface area contributed by atoms with Crippen LogP contribution in [0.4, 0.5) is 0 Å². The molecule has 1 N–H and O–H groups in total. The average molecular weight is 224 g/mol. The highest BCUT2D eigenvalue weighted by molar-refractivity contribution is 6.06. The second-order valence-corrected chi connectivity index (χ2v) is 3.13. The number of methoxy groups -OCH3 is 2. The van der Waals surface area contributed by atoms with Crippen molar-refractivity contribution in [1.82, 2.24) is 0 Å². The van der Waals surface area contributed by atoms with Gasteiger partial charge in [0.25, 0.3) is 0 Å². The summed E-state index contributed by atoms with van der Waals surface area (Å²) in [5, 5.41) is 9.48. The van der Waals surface area contributed by atoms with Crippen LogP contribution in [0.5, 0.6) is 0 Å². The van der Waals surface area contributed by atoms with Gasteiger partial charge in [0.1, 0.15) is 0 Å². The summed E-state index contributed by atoms with van der Waals surface area (Å²) >= 11 is 0. The highest BCUT2D eigenvalue weighted by Crippen LogP contribution is 2.04. The van der Waals surface area contributed by atoms with Crippen LogP contribution >= 0.6 is 0 Å². The molecule has 16 heavy (non-hydrogen) atoms. The Balaban J connectivity index is 3.22. The third-order valence-electron chi connectivity index (χ3n) is 2.03. The van der Waals surface area contributed by atoms with Crippen LogP contribution in [0.25, 0.3) is 5.70 Å². The second kappa shape index (κ2) is 5.16. The van der Waals surface area contributed by atoms with E-state index in [1.165, 1.54) is 18.8 Å². The van der Waals surface area contributed by atoms with Gasteiger partial charge < -0.3 is 14.6 Å². The topological polar surface area (TPSA) is 59.6 Å². The number of hydrogen-bond acceptors (Lipinski definition) is 4. The Morgan fingerprint density at radius 1 is 1.25 bits per heavy atom. The lowest BCUT2D eigenvalue weighted by molar-refractivity contribution is -0.581. The highest BCUT2D eigenvalue weighted by Gasteiger charge is 2.28.